The summed E-state index contributed by atoms with van der Waals surface area (Å²) in [5, 5.41) is 10.8. The highest BCUT2D eigenvalue weighted by Crippen LogP contribution is 2.24. The lowest BCUT2D eigenvalue weighted by molar-refractivity contribution is 0.314. The van der Waals surface area contributed by atoms with Crippen molar-refractivity contribution in [2.45, 2.75) is 0 Å². The molecule has 1 aromatic carbocycles. The molecule has 0 aliphatic heterocycles. The number of halogens is 2. The van der Waals surface area contributed by atoms with Gasteiger partial charge in [-0.15, -0.1) is 12.4 Å². The number of rotatable bonds is 3. The maximum Gasteiger partial charge on any atom is 0.245 e. The van der Waals surface area contributed by atoms with Gasteiger partial charge in [-0.05, 0) is 28.5 Å². The molecule has 4 N–H and O–H groups in total. The van der Waals surface area contributed by atoms with Crippen molar-refractivity contribution in [1.29, 1.82) is 0 Å². The van der Waals surface area contributed by atoms with Gasteiger partial charge < -0.3 is 10.7 Å². The van der Waals surface area contributed by atoms with Gasteiger partial charge in [0, 0.05) is 10.7 Å². The first-order valence-electron chi connectivity index (χ1n) is 5.26. The van der Waals surface area contributed by atoms with Gasteiger partial charge >= 0.3 is 0 Å². The average Bonchev–Trinajstić information content (AvgIpc) is 2.85. The Morgan fingerprint density at radius 1 is 1.10 bits per heavy atom. The summed E-state index contributed by atoms with van der Waals surface area (Å²) in [6.07, 6.45) is 0. The Hall–Kier alpha value is -2.16. The molecule has 0 radical (unpaired) electrons. The van der Waals surface area contributed by atoms with E-state index in [4.69, 9.17) is 17.4 Å². The van der Waals surface area contributed by atoms with E-state index < -0.39 is 0 Å². The standard InChI is InChI=1S/C10H8ClN7O.ClH/c11-5-2-1-3-6(4-5)13-7-8(16-12)15-10-9(14-7)17-19-18-10;/h1-4H,12H2,(H,13,14,17)(H,15,16,18);1H. The van der Waals surface area contributed by atoms with Gasteiger partial charge in [-0.25, -0.2) is 15.5 Å². The molecule has 0 aliphatic carbocycles. The monoisotopic (exact) mass is 313 g/mol. The van der Waals surface area contributed by atoms with Crippen molar-refractivity contribution in [3.05, 3.63) is 29.3 Å². The molecule has 10 heteroatoms. The molecule has 2 aromatic heterocycles. The van der Waals surface area contributed by atoms with Crippen LogP contribution in [0.3, 0.4) is 0 Å². The number of nitrogen functional groups attached to an aromatic ring is 1. The van der Waals surface area contributed by atoms with Crippen LogP contribution in [0.5, 0.6) is 0 Å². The van der Waals surface area contributed by atoms with Gasteiger partial charge in [0.15, 0.2) is 11.6 Å². The Balaban J connectivity index is 0.00000147. The van der Waals surface area contributed by atoms with Crippen LogP contribution in [-0.4, -0.2) is 20.3 Å². The first kappa shape index (κ1) is 14.3. The van der Waals surface area contributed by atoms with Crippen molar-refractivity contribution < 1.29 is 4.63 Å². The lowest BCUT2D eigenvalue weighted by Gasteiger charge is -2.09. The molecule has 0 amide bonds. The van der Waals surface area contributed by atoms with Gasteiger partial charge in [0.1, 0.15) is 0 Å². The summed E-state index contributed by atoms with van der Waals surface area (Å²) in [5.74, 6) is 6.12. The number of hydrogen-bond donors (Lipinski definition) is 3. The molecule has 0 aliphatic rings. The smallest absolute Gasteiger partial charge is 0.245 e. The van der Waals surface area contributed by atoms with E-state index in [1.54, 1.807) is 12.1 Å². The molecular weight excluding hydrogens is 305 g/mol. The fourth-order valence-electron chi connectivity index (χ4n) is 1.53. The number of anilines is 3. The number of aromatic nitrogens is 4. The molecular formula is C10H9Cl2N7O. The van der Waals surface area contributed by atoms with Crippen LogP contribution in [-0.2, 0) is 0 Å². The number of nitrogens with zero attached hydrogens (tertiary/aromatic N) is 4. The summed E-state index contributed by atoms with van der Waals surface area (Å²) in [7, 11) is 0. The van der Waals surface area contributed by atoms with E-state index in [1.165, 1.54) is 0 Å². The molecule has 3 rings (SSSR count). The van der Waals surface area contributed by atoms with E-state index in [9.17, 15) is 0 Å². The molecule has 0 saturated carbocycles. The van der Waals surface area contributed by atoms with E-state index in [0.717, 1.165) is 5.69 Å². The Bertz CT molecular complexity index is 732. The minimum absolute atomic E-state index is 0. The second-order valence-corrected chi connectivity index (χ2v) is 4.05. The van der Waals surface area contributed by atoms with E-state index >= 15 is 0 Å². The topological polar surface area (TPSA) is 115 Å². The molecule has 0 spiro atoms. The summed E-state index contributed by atoms with van der Waals surface area (Å²) < 4.78 is 4.55. The minimum Gasteiger partial charge on any atom is -0.337 e. The van der Waals surface area contributed by atoms with Gasteiger partial charge in [-0.1, -0.05) is 17.7 Å². The van der Waals surface area contributed by atoms with Crippen LogP contribution in [0.2, 0.25) is 5.02 Å². The van der Waals surface area contributed by atoms with Gasteiger partial charge in [0.25, 0.3) is 0 Å². The van der Waals surface area contributed by atoms with E-state index in [-0.39, 0.29) is 23.7 Å². The minimum atomic E-state index is 0. The van der Waals surface area contributed by atoms with Crippen LogP contribution in [0.4, 0.5) is 17.3 Å². The summed E-state index contributed by atoms with van der Waals surface area (Å²) in [6.45, 7) is 0. The Morgan fingerprint density at radius 2 is 1.80 bits per heavy atom. The van der Waals surface area contributed by atoms with Crippen molar-refractivity contribution in [3.63, 3.8) is 0 Å². The number of hydrazine groups is 1. The first-order valence-corrected chi connectivity index (χ1v) is 5.63. The predicted octanol–water partition coefficient (Wildman–Crippen LogP) is 2.12. The molecule has 8 nitrogen and oxygen atoms in total. The van der Waals surface area contributed by atoms with Crippen LogP contribution in [0.25, 0.3) is 11.3 Å². The molecule has 0 bridgehead atoms. The summed E-state index contributed by atoms with van der Waals surface area (Å²) >= 11 is 5.91. The maximum atomic E-state index is 5.91. The molecule has 0 unspecified atom stereocenters. The van der Waals surface area contributed by atoms with E-state index in [1.807, 2.05) is 12.1 Å². The van der Waals surface area contributed by atoms with Crippen LogP contribution < -0.4 is 16.6 Å². The number of fused-ring (bicyclic) bond motifs is 1. The Kier molecular flexibility index (Phi) is 4.18. The Morgan fingerprint density at radius 3 is 2.45 bits per heavy atom. The molecule has 0 atom stereocenters. The highest BCUT2D eigenvalue weighted by Gasteiger charge is 2.12. The zero-order valence-electron chi connectivity index (χ0n) is 9.87. The van der Waals surface area contributed by atoms with Gasteiger partial charge in [0.2, 0.25) is 11.3 Å². The second-order valence-electron chi connectivity index (χ2n) is 3.61. The van der Waals surface area contributed by atoms with E-state index in [0.29, 0.717) is 16.7 Å². The molecule has 104 valence electrons. The second kappa shape index (κ2) is 5.87. The fraction of sp³-hybridized carbons (Fsp3) is 0. The van der Waals surface area contributed by atoms with Crippen LogP contribution in [0, 0.1) is 0 Å². The summed E-state index contributed by atoms with van der Waals surface area (Å²) in [5.41, 5.74) is 3.73. The lowest BCUT2D eigenvalue weighted by atomic mass is 10.3. The van der Waals surface area contributed by atoms with Crippen molar-refractivity contribution >= 4 is 52.6 Å². The zero-order valence-corrected chi connectivity index (χ0v) is 11.4. The normalized spacial score (nSPS) is 10.1. The fourth-order valence-corrected chi connectivity index (χ4v) is 1.72. The molecule has 3 aromatic rings. The third-order valence-electron chi connectivity index (χ3n) is 2.34. The molecule has 20 heavy (non-hydrogen) atoms. The Labute approximate surface area is 124 Å². The number of nitrogens with one attached hydrogen (secondary N) is 2. The van der Waals surface area contributed by atoms with Crippen LogP contribution in [0.1, 0.15) is 0 Å². The molecule has 0 saturated heterocycles. The first-order chi connectivity index (χ1) is 9.26. The predicted molar refractivity (Wildman–Crippen MR) is 77.2 cm³/mol. The number of nitrogens with two attached hydrogens (primary N) is 1. The van der Waals surface area contributed by atoms with Crippen molar-refractivity contribution in [3.8, 4) is 0 Å². The van der Waals surface area contributed by atoms with Gasteiger partial charge in [-0.3, -0.25) is 0 Å². The number of hydrogen-bond acceptors (Lipinski definition) is 8. The third kappa shape index (κ3) is 2.72. The highest BCUT2D eigenvalue weighted by atomic mass is 35.5. The van der Waals surface area contributed by atoms with Gasteiger partial charge in [-0.2, -0.15) is 4.98 Å². The molecule has 0 fully saturated rings. The van der Waals surface area contributed by atoms with Crippen LogP contribution >= 0.6 is 24.0 Å². The number of benzene rings is 1. The quantitative estimate of drug-likeness (QED) is 0.497. The zero-order chi connectivity index (χ0) is 13.2. The lowest BCUT2D eigenvalue weighted by Crippen LogP contribution is -2.12. The third-order valence-corrected chi connectivity index (χ3v) is 2.57. The maximum absolute atomic E-state index is 5.91. The molecule has 2 heterocycles. The van der Waals surface area contributed by atoms with Crippen LogP contribution in [0.15, 0.2) is 28.9 Å². The van der Waals surface area contributed by atoms with E-state index in [2.05, 4.69) is 35.7 Å². The van der Waals surface area contributed by atoms with Crippen molar-refractivity contribution in [2.75, 3.05) is 10.7 Å². The van der Waals surface area contributed by atoms with Gasteiger partial charge in [0.05, 0.1) is 0 Å². The van der Waals surface area contributed by atoms with Crippen molar-refractivity contribution in [2.24, 2.45) is 5.84 Å². The SMILES string of the molecule is Cl.NNc1nc2nonc2nc1Nc1cccc(Cl)c1. The summed E-state index contributed by atoms with van der Waals surface area (Å²) in [4.78, 5) is 8.32. The highest BCUT2D eigenvalue weighted by molar-refractivity contribution is 6.30. The largest absolute Gasteiger partial charge is 0.337 e. The summed E-state index contributed by atoms with van der Waals surface area (Å²) in [6, 6.07) is 7.16. The average molecular weight is 314 g/mol. The van der Waals surface area contributed by atoms with Crippen molar-refractivity contribution in [1.82, 2.24) is 20.3 Å².